The number of unbranched alkanes of at least 4 members (excludes halogenated alkanes) is 5. The van der Waals surface area contributed by atoms with Gasteiger partial charge in [-0.25, -0.2) is 13.1 Å². The number of carbonyl (C=O) groups excluding carboxylic acids is 1. The molecule has 0 radical (unpaired) electrons. The topological polar surface area (TPSA) is 139 Å². The van der Waals surface area contributed by atoms with E-state index in [2.05, 4.69) is 16.6 Å². The number of nitrogens with two attached hydrogens (primary N) is 1. The van der Waals surface area contributed by atoms with Crippen molar-refractivity contribution in [3.63, 3.8) is 0 Å². The SMILES string of the molecule is C=C[C@@H]1C[C@]1(N)C(=O)NS(=O)(=O)c1ccccc1NCCCCCCCCC(=O)O. The summed E-state index contributed by atoms with van der Waals surface area (Å²) in [5.41, 5.74) is 5.17. The van der Waals surface area contributed by atoms with Crippen molar-refractivity contribution in [2.75, 3.05) is 11.9 Å². The van der Waals surface area contributed by atoms with Gasteiger partial charge in [0.05, 0.1) is 5.69 Å². The first kappa shape index (κ1) is 23.9. The smallest absolute Gasteiger partial charge is 0.303 e. The van der Waals surface area contributed by atoms with E-state index in [-0.39, 0.29) is 17.2 Å². The molecule has 0 saturated heterocycles. The molecular formula is C21H31N3O5S. The van der Waals surface area contributed by atoms with E-state index < -0.39 is 27.4 Å². The fraction of sp³-hybridized carbons (Fsp3) is 0.524. The highest BCUT2D eigenvalue weighted by Crippen LogP contribution is 2.42. The second-order valence-electron chi connectivity index (χ2n) is 7.71. The fourth-order valence-electron chi connectivity index (χ4n) is 3.31. The fourth-order valence-corrected chi connectivity index (χ4v) is 4.54. The second kappa shape index (κ2) is 10.6. The molecule has 8 nitrogen and oxygen atoms in total. The van der Waals surface area contributed by atoms with Gasteiger partial charge in [0.15, 0.2) is 0 Å². The van der Waals surface area contributed by atoms with Gasteiger partial charge >= 0.3 is 5.97 Å². The Morgan fingerprint density at radius 3 is 2.43 bits per heavy atom. The summed E-state index contributed by atoms with van der Waals surface area (Å²) in [7, 11) is -4.05. The van der Waals surface area contributed by atoms with Crippen molar-refractivity contribution in [1.82, 2.24) is 4.72 Å². The van der Waals surface area contributed by atoms with Crippen molar-refractivity contribution in [2.45, 2.75) is 61.8 Å². The minimum Gasteiger partial charge on any atom is -0.481 e. The van der Waals surface area contributed by atoms with Gasteiger partial charge in [-0.05, 0) is 31.4 Å². The van der Waals surface area contributed by atoms with Crippen LogP contribution in [0.15, 0.2) is 41.8 Å². The lowest BCUT2D eigenvalue weighted by Gasteiger charge is -2.15. The maximum absolute atomic E-state index is 12.7. The van der Waals surface area contributed by atoms with Crippen LogP contribution in [-0.2, 0) is 19.6 Å². The first-order chi connectivity index (χ1) is 14.2. The van der Waals surface area contributed by atoms with Crippen LogP contribution >= 0.6 is 0 Å². The third-order valence-corrected chi connectivity index (χ3v) is 6.69. The van der Waals surface area contributed by atoms with Crippen molar-refractivity contribution >= 4 is 27.6 Å². The Kier molecular flexibility index (Phi) is 8.43. The van der Waals surface area contributed by atoms with E-state index in [9.17, 15) is 18.0 Å². The van der Waals surface area contributed by atoms with Gasteiger partial charge in [0.1, 0.15) is 10.4 Å². The number of hydrogen-bond acceptors (Lipinski definition) is 6. The van der Waals surface area contributed by atoms with Crippen LogP contribution in [0.1, 0.15) is 51.4 Å². The maximum atomic E-state index is 12.7. The van der Waals surface area contributed by atoms with Gasteiger partial charge in [-0.2, -0.15) is 0 Å². The van der Waals surface area contributed by atoms with Crippen LogP contribution in [0.3, 0.4) is 0 Å². The molecule has 1 aromatic rings. The number of para-hydroxylation sites is 1. The highest BCUT2D eigenvalue weighted by Gasteiger charge is 2.56. The summed E-state index contributed by atoms with van der Waals surface area (Å²) in [6.45, 7) is 4.19. The molecule has 166 valence electrons. The largest absolute Gasteiger partial charge is 0.481 e. The zero-order valence-corrected chi connectivity index (χ0v) is 17.9. The zero-order valence-electron chi connectivity index (χ0n) is 17.1. The lowest BCUT2D eigenvalue weighted by Crippen LogP contribution is -2.46. The summed E-state index contributed by atoms with van der Waals surface area (Å²) < 4.78 is 27.5. The van der Waals surface area contributed by atoms with E-state index in [1.807, 2.05) is 0 Å². The molecule has 30 heavy (non-hydrogen) atoms. The van der Waals surface area contributed by atoms with Crippen LogP contribution in [0, 0.1) is 5.92 Å². The van der Waals surface area contributed by atoms with Gasteiger partial charge in [-0.1, -0.05) is 43.9 Å². The average molecular weight is 438 g/mol. The Labute approximate surface area is 178 Å². The molecule has 1 fully saturated rings. The molecule has 0 heterocycles. The van der Waals surface area contributed by atoms with Crippen LogP contribution in [0.4, 0.5) is 5.69 Å². The van der Waals surface area contributed by atoms with Gasteiger partial charge in [-0.15, -0.1) is 6.58 Å². The van der Waals surface area contributed by atoms with Crippen molar-refractivity contribution in [3.05, 3.63) is 36.9 Å². The number of benzene rings is 1. The Morgan fingerprint density at radius 2 is 1.80 bits per heavy atom. The van der Waals surface area contributed by atoms with Crippen LogP contribution in [0.5, 0.6) is 0 Å². The average Bonchev–Trinajstić information content (AvgIpc) is 3.38. The first-order valence-corrected chi connectivity index (χ1v) is 11.7. The van der Waals surface area contributed by atoms with Gasteiger partial charge in [-0.3, -0.25) is 9.59 Å². The standard InChI is InChI=1S/C21H31N3O5S/c1-2-16-15-21(16,22)20(27)24-30(28,29)18-12-9-8-11-17(18)23-14-10-6-4-3-5-7-13-19(25)26/h2,8-9,11-12,16,23H,1,3-7,10,13-15,22H2,(H,24,27)(H,25,26)/t16-,21-/m1/s1. The summed E-state index contributed by atoms with van der Waals surface area (Å²) in [4.78, 5) is 22.8. The van der Waals surface area contributed by atoms with Crippen LogP contribution in [-0.4, -0.2) is 37.5 Å². The minimum atomic E-state index is -4.05. The number of anilines is 1. The molecule has 0 unspecified atom stereocenters. The Balaban J connectivity index is 1.81. The molecule has 1 aromatic carbocycles. The number of hydrogen-bond donors (Lipinski definition) is 4. The van der Waals surface area contributed by atoms with E-state index in [4.69, 9.17) is 10.8 Å². The number of sulfonamides is 1. The second-order valence-corrected chi connectivity index (χ2v) is 9.36. The Hall–Kier alpha value is -2.39. The van der Waals surface area contributed by atoms with Gasteiger partial charge in [0.2, 0.25) is 0 Å². The number of carboxylic acids is 1. The number of nitrogens with one attached hydrogen (secondary N) is 2. The molecule has 0 aliphatic heterocycles. The monoisotopic (exact) mass is 437 g/mol. The lowest BCUT2D eigenvalue weighted by atomic mass is 10.1. The third kappa shape index (κ3) is 6.56. The first-order valence-electron chi connectivity index (χ1n) is 10.2. The van der Waals surface area contributed by atoms with Crippen LogP contribution in [0.2, 0.25) is 0 Å². The quantitative estimate of drug-likeness (QED) is 0.259. The molecule has 1 amide bonds. The molecule has 1 aliphatic carbocycles. The molecule has 9 heteroatoms. The van der Waals surface area contributed by atoms with E-state index in [0.717, 1.165) is 32.1 Å². The van der Waals surface area contributed by atoms with E-state index in [1.54, 1.807) is 24.3 Å². The van der Waals surface area contributed by atoms with Gasteiger partial charge in [0, 0.05) is 18.9 Å². The zero-order chi connectivity index (χ0) is 22.2. The molecular weight excluding hydrogens is 406 g/mol. The number of carbonyl (C=O) groups is 2. The molecule has 5 N–H and O–H groups in total. The van der Waals surface area contributed by atoms with Crippen LogP contribution < -0.4 is 15.8 Å². The predicted octanol–water partition coefficient (Wildman–Crippen LogP) is 2.62. The van der Waals surface area contributed by atoms with E-state index in [1.165, 1.54) is 6.07 Å². The van der Waals surface area contributed by atoms with E-state index in [0.29, 0.717) is 25.1 Å². The normalized spacial score (nSPS) is 20.4. The maximum Gasteiger partial charge on any atom is 0.303 e. The molecule has 2 rings (SSSR count). The van der Waals surface area contributed by atoms with Crippen molar-refractivity contribution < 1.29 is 23.1 Å². The molecule has 0 bridgehead atoms. The summed E-state index contributed by atoms with van der Waals surface area (Å²) in [6, 6.07) is 6.43. The number of rotatable bonds is 14. The highest BCUT2D eigenvalue weighted by molar-refractivity contribution is 7.90. The highest BCUT2D eigenvalue weighted by atomic mass is 32.2. The molecule has 0 aromatic heterocycles. The summed E-state index contributed by atoms with van der Waals surface area (Å²) in [6.07, 6.45) is 7.55. The van der Waals surface area contributed by atoms with Crippen molar-refractivity contribution in [3.8, 4) is 0 Å². The van der Waals surface area contributed by atoms with Crippen LogP contribution in [0.25, 0.3) is 0 Å². The predicted molar refractivity (Wildman–Crippen MR) is 115 cm³/mol. The Morgan fingerprint density at radius 1 is 1.17 bits per heavy atom. The van der Waals surface area contributed by atoms with Gasteiger partial charge in [0.25, 0.3) is 15.9 Å². The summed E-state index contributed by atoms with van der Waals surface area (Å²) in [5, 5.41) is 11.7. The molecule has 0 spiro atoms. The minimum absolute atomic E-state index is 0.00595. The lowest BCUT2D eigenvalue weighted by molar-refractivity contribution is -0.137. The van der Waals surface area contributed by atoms with Gasteiger partial charge < -0.3 is 16.2 Å². The summed E-state index contributed by atoms with van der Waals surface area (Å²) in [5.74, 6) is -1.70. The summed E-state index contributed by atoms with van der Waals surface area (Å²) >= 11 is 0. The van der Waals surface area contributed by atoms with Crippen molar-refractivity contribution in [2.24, 2.45) is 11.7 Å². The number of amides is 1. The van der Waals surface area contributed by atoms with E-state index >= 15 is 0 Å². The molecule has 1 aliphatic rings. The molecule has 1 saturated carbocycles. The Bertz CT molecular complexity index is 871. The number of carboxylic acid groups (broad SMARTS) is 1. The third-order valence-electron chi connectivity index (χ3n) is 5.30. The van der Waals surface area contributed by atoms with Crippen molar-refractivity contribution in [1.29, 1.82) is 0 Å². The molecule has 2 atom stereocenters. The number of aliphatic carboxylic acids is 1.